The van der Waals surface area contributed by atoms with Crippen LogP contribution in [-0.4, -0.2) is 40.1 Å². The molecule has 0 radical (unpaired) electrons. The van der Waals surface area contributed by atoms with Crippen LogP contribution in [0.3, 0.4) is 0 Å². The van der Waals surface area contributed by atoms with E-state index in [2.05, 4.69) is 96.4 Å². The number of aliphatic hydroxyl groups excluding tert-OH is 1. The maximum atomic E-state index is 10.6. The smallest absolute Gasteiger partial charge is 0.193 e. The van der Waals surface area contributed by atoms with Gasteiger partial charge in [0.05, 0.1) is 6.10 Å². The Labute approximate surface area is 158 Å². The predicted molar refractivity (Wildman–Crippen MR) is 112 cm³/mol. The van der Waals surface area contributed by atoms with E-state index in [0.29, 0.717) is 0 Å². The predicted octanol–water partition coefficient (Wildman–Crippen LogP) is 5.46. The minimum Gasteiger partial charge on any atom is -0.408 e. The van der Waals surface area contributed by atoms with Crippen LogP contribution >= 0.6 is 22.6 Å². The first kappa shape index (κ1) is 21.8. The van der Waals surface area contributed by atoms with Crippen molar-refractivity contribution in [2.75, 3.05) is 0 Å². The molecule has 3 nitrogen and oxygen atoms in total. The van der Waals surface area contributed by atoms with Crippen LogP contribution in [0.4, 0.5) is 0 Å². The number of hydrogen-bond acceptors (Lipinski definition) is 3. The molecule has 0 amide bonds. The minimum absolute atomic E-state index is 0.113. The van der Waals surface area contributed by atoms with Crippen LogP contribution < -0.4 is 0 Å². The van der Waals surface area contributed by atoms with Crippen molar-refractivity contribution in [2.24, 2.45) is 0 Å². The molecular weight excluding hydrogens is 435 g/mol. The molecule has 1 rings (SSSR count). The van der Waals surface area contributed by atoms with Crippen molar-refractivity contribution in [3.8, 4) is 0 Å². The third-order valence-corrected chi connectivity index (χ3v) is 15.7. The first-order valence-corrected chi connectivity index (χ1v) is 15.3. The molecule has 1 N–H and O–H groups in total. The van der Waals surface area contributed by atoms with Crippen molar-refractivity contribution in [1.29, 1.82) is 0 Å². The number of rotatable bonds is 4. The van der Waals surface area contributed by atoms with E-state index in [9.17, 15) is 5.11 Å². The molecule has 0 heterocycles. The molecule has 136 valence electrons. The molecular formula is C17H35IO3Si2. The van der Waals surface area contributed by atoms with Crippen LogP contribution in [0.15, 0.2) is 9.66 Å². The van der Waals surface area contributed by atoms with Gasteiger partial charge in [-0.3, -0.25) is 0 Å². The molecule has 0 aromatic heterocycles. The van der Waals surface area contributed by atoms with Crippen molar-refractivity contribution in [3.05, 3.63) is 9.66 Å². The molecule has 0 aliphatic heterocycles. The van der Waals surface area contributed by atoms with Gasteiger partial charge in [0.2, 0.25) is 0 Å². The number of hydrogen-bond donors (Lipinski definition) is 1. The Hall–Kier alpha value is 0.784. The van der Waals surface area contributed by atoms with E-state index in [1.165, 1.54) is 0 Å². The van der Waals surface area contributed by atoms with Gasteiger partial charge in [-0.25, -0.2) is 0 Å². The van der Waals surface area contributed by atoms with Gasteiger partial charge in [0, 0.05) is 3.58 Å². The highest BCUT2D eigenvalue weighted by molar-refractivity contribution is 14.1. The zero-order chi connectivity index (χ0) is 18.4. The molecule has 0 aromatic carbocycles. The van der Waals surface area contributed by atoms with Gasteiger partial charge in [0.15, 0.2) is 16.6 Å². The van der Waals surface area contributed by atoms with E-state index < -0.39 is 22.7 Å². The van der Waals surface area contributed by atoms with Crippen molar-refractivity contribution >= 4 is 39.2 Å². The maximum absolute atomic E-state index is 10.6. The van der Waals surface area contributed by atoms with E-state index >= 15 is 0 Å². The van der Waals surface area contributed by atoms with Gasteiger partial charge < -0.3 is 14.0 Å². The molecule has 23 heavy (non-hydrogen) atoms. The Morgan fingerprint density at radius 1 is 0.913 bits per heavy atom. The molecule has 1 aliphatic rings. The second-order valence-corrected chi connectivity index (χ2v) is 20.4. The summed E-state index contributed by atoms with van der Waals surface area (Å²) < 4.78 is 14.1. The van der Waals surface area contributed by atoms with E-state index in [1.54, 1.807) is 0 Å². The van der Waals surface area contributed by atoms with E-state index in [4.69, 9.17) is 8.85 Å². The molecule has 0 saturated heterocycles. The SMILES string of the molecule is CC(C)(C)[Si](C)(C)O[C@@H]1[C@@H](O[Si](C)(C)C(C)(C)C)C=C(I)[C@H]1O. The fourth-order valence-corrected chi connectivity index (χ4v) is 5.20. The Balaban J connectivity index is 3.02. The van der Waals surface area contributed by atoms with E-state index in [1.807, 2.05) is 0 Å². The Morgan fingerprint density at radius 2 is 1.30 bits per heavy atom. The number of halogens is 1. The molecule has 0 saturated carbocycles. The Bertz CT molecular complexity index is 461. The summed E-state index contributed by atoms with van der Waals surface area (Å²) in [5.74, 6) is 0. The lowest BCUT2D eigenvalue weighted by atomic mass is 10.2. The highest BCUT2D eigenvalue weighted by Crippen LogP contribution is 2.43. The third-order valence-electron chi connectivity index (χ3n) is 5.71. The average Bonchev–Trinajstić information content (AvgIpc) is 2.53. The van der Waals surface area contributed by atoms with Crippen molar-refractivity contribution in [1.82, 2.24) is 0 Å². The highest BCUT2D eigenvalue weighted by Gasteiger charge is 2.48. The van der Waals surface area contributed by atoms with Gasteiger partial charge in [-0.2, -0.15) is 0 Å². The molecule has 0 aromatic rings. The molecule has 3 atom stereocenters. The second-order valence-electron chi connectivity index (χ2n) is 9.68. The summed E-state index contributed by atoms with van der Waals surface area (Å²) in [6.45, 7) is 22.4. The lowest BCUT2D eigenvalue weighted by Crippen LogP contribution is -2.52. The lowest BCUT2D eigenvalue weighted by molar-refractivity contribution is 0.00483. The fraction of sp³-hybridized carbons (Fsp3) is 0.882. The first-order chi connectivity index (χ1) is 9.99. The average molecular weight is 471 g/mol. The summed E-state index contributed by atoms with van der Waals surface area (Å²) in [5.41, 5.74) is 0. The maximum Gasteiger partial charge on any atom is 0.193 e. The Kier molecular flexibility index (Phi) is 6.48. The van der Waals surface area contributed by atoms with Crippen molar-refractivity contribution in [2.45, 2.75) is 96.1 Å². The van der Waals surface area contributed by atoms with Crippen LogP contribution in [0.1, 0.15) is 41.5 Å². The van der Waals surface area contributed by atoms with Gasteiger partial charge in [-0.05, 0) is 64.9 Å². The minimum atomic E-state index is -1.97. The Morgan fingerprint density at radius 3 is 1.70 bits per heavy atom. The van der Waals surface area contributed by atoms with Crippen LogP contribution in [0.25, 0.3) is 0 Å². The van der Waals surface area contributed by atoms with E-state index in [0.717, 1.165) is 3.58 Å². The summed E-state index contributed by atoms with van der Waals surface area (Å²) in [6.07, 6.45) is 1.06. The second kappa shape index (κ2) is 6.83. The molecule has 0 fully saturated rings. The van der Waals surface area contributed by atoms with Crippen LogP contribution in [0.2, 0.25) is 36.3 Å². The molecule has 0 bridgehead atoms. The third kappa shape index (κ3) is 4.91. The van der Waals surface area contributed by atoms with Crippen LogP contribution in [0.5, 0.6) is 0 Å². The molecule has 1 aliphatic carbocycles. The first-order valence-electron chi connectivity index (χ1n) is 8.40. The summed E-state index contributed by atoms with van der Waals surface area (Å²) in [5, 5.41) is 10.9. The van der Waals surface area contributed by atoms with Crippen molar-refractivity contribution < 1.29 is 14.0 Å². The topological polar surface area (TPSA) is 38.7 Å². The summed E-state index contributed by atoms with van der Waals surface area (Å²) in [4.78, 5) is 0. The highest BCUT2D eigenvalue weighted by atomic mass is 127. The summed E-state index contributed by atoms with van der Waals surface area (Å²) >= 11 is 2.22. The van der Waals surface area contributed by atoms with Crippen molar-refractivity contribution in [3.63, 3.8) is 0 Å². The fourth-order valence-electron chi connectivity index (χ4n) is 1.95. The van der Waals surface area contributed by atoms with Gasteiger partial charge in [-0.1, -0.05) is 41.5 Å². The standard InChI is InChI=1S/C17H35IO3Si2/c1-16(2,3)22(7,8)20-13-11-12(18)14(19)15(13)21-23(9,10)17(4,5)6/h11,13-15,19H,1-10H3/t13-,14+,15+/m0/s1. The summed E-state index contributed by atoms with van der Waals surface area (Å²) in [7, 11) is -3.88. The molecule has 0 spiro atoms. The van der Waals surface area contributed by atoms with E-state index in [-0.39, 0.29) is 22.3 Å². The van der Waals surface area contributed by atoms with Gasteiger partial charge >= 0.3 is 0 Å². The zero-order valence-corrected chi connectivity index (χ0v) is 20.6. The normalized spacial score (nSPS) is 27.3. The van der Waals surface area contributed by atoms with Gasteiger partial charge in [0.1, 0.15) is 12.2 Å². The largest absolute Gasteiger partial charge is 0.408 e. The number of aliphatic hydroxyl groups is 1. The van der Waals surface area contributed by atoms with Crippen LogP contribution in [-0.2, 0) is 8.85 Å². The molecule has 6 heteroatoms. The van der Waals surface area contributed by atoms with Gasteiger partial charge in [-0.15, -0.1) is 0 Å². The lowest BCUT2D eigenvalue weighted by Gasteiger charge is -2.43. The quantitative estimate of drug-likeness (QED) is 0.438. The monoisotopic (exact) mass is 470 g/mol. The zero-order valence-electron chi connectivity index (χ0n) is 16.5. The van der Waals surface area contributed by atoms with Gasteiger partial charge in [0.25, 0.3) is 0 Å². The van der Waals surface area contributed by atoms with Crippen LogP contribution in [0, 0.1) is 0 Å². The summed E-state index contributed by atoms with van der Waals surface area (Å²) in [6, 6.07) is 0. The molecule has 0 unspecified atom stereocenters.